The van der Waals surface area contributed by atoms with Crippen molar-refractivity contribution < 1.29 is 9.53 Å². The minimum Gasteiger partial charge on any atom is -0.485 e. The van der Waals surface area contributed by atoms with Crippen molar-refractivity contribution in [2.75, 3.05) is 12.3 Å². The second kappa shape index (κ2) is 13.1. The molecule has 0 aliphatic carbocycles. The number of benzene rings is 1. The van der Waals surface area contributed by atoms with Gasteiger partial charge in [-0.25, -0.2) is 4.79 Å². The Hall–Kier alpha value is -2.54. The normalized spacial score (nSPS) is 11.0. The van der Waals surface area contributed by atoms with E-state index in [0.29, 0.717) is 23.7 Å². The van der Waals surface area contributed by atoms with E-state index in [1.807, 2.05) is 0 Å². The highest BCUT2D eigenvalue weighted by molar-refractivity contribution is 6.30. The lowest BCUT2D eigenvalue weighted by Crippen LogP contribution is -2.44. The van der Waals surface area contributed by atoms with Crippen molar-refractivity contribution in [1.29, 1.82) is 0 Å². The van der Waals surface area contributed by atoms with Crippen LogP contribution in [0.2, 0.25) is 5.02 Å². The van der Waals surface area contributed by atoms with E-state index < -0.39 is 17.0 Å². The van der Waals surface area contributed by atoms with Crippen LogP contribution in [0.15, 0.2) is 33.9 Å². The molecule has 0 fully saturated rings. The Balaban J connectivity index is 2.32. The number of aromatic nitrogens is 2. The summed E-state index contributed by atoms with van der Waals surface area (Å²) in [6, 6.07) is 6.57. The van der Waals surface area contributed by atoms with Crippen molar-refractivity contribution in [3.8, 4) is 5.75 Å². The number of carbonyl (C=O) groups excluding carboxylic acids is 1. The van der Waals surface area contributed by atoms with Crippen LogP contribution in [0.4, 0.5) is 5.82 Å². The van der Waals surface area contributed by atoms with Gasteiger partial charge in [-0.3, -0.25) is 18.7 Å². The summed E-state index contributed by atoms with van der Waals surface area (Å²) in [5.74, 6) is -0.174. The number of Topliss-reactive ketones (excluding diaryl/α,β-unsaturated/α-hetero) is 1. The molecule has 0 bridgehead atoms. The number of ether oxygens (including phenoxy) is 1. The predicted molar refractivity (Wildman–Crippen MR) is 129 cm³/mol. The van der Waals surface area contributed by atoms with Crippen molar-refractivity contribution >= 4 is 23.2 Å². The van der Waals surface area contributed by atoms with Crippen LogP contribution in [0, 0.1) is 0 Å². The molecule has 1 heterocycles. The smallest absolute Gasteiger partial charge is 0.332 e. The largest absolute Gasteiger partial charge is 0.485 e. The first-order valence-corrected chi connectivity index (χ1v) is 11.8. The SMILES string of the molecule is CCCCCCn1c(N)c(C(=O)COc2ccc(Cl)cc2)c(=O)n(CCCCCC)c1=O. The monoisotopic (exact) mass is 463 g/mol. The zero-order valence-corrected chi connectivity index (χ0v) is 19.8. The highest BCUT2D eigenvalue weighted by Crippen LogP contribution is 2.16. The van der Waals surface area contributed by atoms with Crippen LogP contribution in [0.3, 0.4) is 0 Å². The first-order valence-electron chi connectivity index (χ1n) is 11.4. The van der Waals surface area contributed by atoms with E-state index in [1.54, 1.807) is 24.3 Å². The average Bonchev–Trinajstić information content (AvgIpc) is 2.77. The molecular weight excluding hydrogens is 430 g/mol. The number of ketones is 1. The second-order valence-electron chi connectivity index (χ2n) is 7.94. The van der Waals surface area contributed by atoms with Crippen LogP contribution >= 0.6 is 11.6 Å². The van der Waals surface area contributed by atoms with Crippen LogP contribution in [-0.4, -0.2) is 21.5 Å². The summed E-state index contributed by atoms with van der Waals surface area (Å²) < 4.78 is 8.05. The van der Waals surface area contributed by atoms with E-state index in [-0.39, 0.29) is 24.5 Å². The Bertz CT molecular complexity index is 996. The zero-order chi connectivity index (χ0) is 23.5. The molecule has 1 aromatic carbocycles. The first-order chi connectivity index (χ1) is 15.4. The molecule has 2 N–H and O–H groups in total. The molecule has 0 unspecified atom stereocenters. The van der Waals surface area contributed by atoms with Gasteiger partial charge < -0.3 is 10.5 Å². The van der Waals surface area contributed by atoms with Gasteiger partial charge in [-0.1, -0.05) is 64.0 Å². The lowest BCUT2D eigenvalue weighted by molar-refractivity contribution is 0.0919. The van der Waals surface area contributed by atoms with Crippen molar-refractivity contribution in [1.82, 2.24) is 9.13 Å². The van der Waals surface area contributed by atoms with Gasteiger partial charge in [-0.05, 0) is 37.1 Å². The topological polar surface area (TPSA) is 96.3 Å². The van der Waals surface area contributed by atoms with E-state index in [2.05, 4.69) is 13.8 Å². The molecule has 2 rings (SSSR count). The van der Waals surface area contributed by atoms with Gasteiger partial charge in [0.1, 0.15) is 17.1 Å². The van der Waals surface area contributed by atoms with Crippen LogP contribution in [-0.2, 0) is 13.1 Å². The molecule has 0 aliphatic heterocycles. The molecule has 0 aliphatic rings. The number of nitrogen functional groups attached to an aromatic ring is 1. The summed E-state index contributed by atoms with van der Waals surface area (Å²) in [7, 11) is 0. The number of nitrogens with zero attached hydrogens (tertiary/aromatic N) is 2. The Kier molecular flexibility index (Phi) is 10.5. The molecule has 0 spiro atoms. The number of hydrogen-bond donors (Lipinski definition) is 1. The van der Waals surface area contributed by atoms with Crippen LogP contribution < -0.4 is 21.7 Å². The van der Waals surface area contributed by atoms with Gasteiger partial charge in [0.15, 0.2) is 6.61 Å². The quantitative estimate of drug-likeness (QED) is 0.324. The fraction of sp³-hybridized carbons (Fsp3) is 0.542. The molecule has 176 valence electrons. The number of halogens is 1. The van der Waals surface area contributed by atoms with Gasteiger partial charge in [-0.2, -0.15) is 0 Å². The third-order valence-corrected chi connectivity index (χ3v) is 5.65. The number of rotatable bonds is 14. The molecule has 7 nitrogen and oxygen atoms in total. The highest BCUT2D eigenvalue weighted by Gasteiger charge is 2.23. The molecule has 32 heavy (non-hydrogen) atoms. The van der Waals surface area contributed by atoms with E-state index in [4.69, 9.17) is 22.1 Å². The molecule has 2 aromatic rings. The summed E-state index contributed by atoms with van der Waals surface area (Å²) in [6.45, 7) is 4.49. The van der Waals surface area contributed by atoms with Gasteiger partial charge >= 0.3 is 5.69 Å². The molecule has 1 aromatic heterocycles. The second-order valence-corrected chi connectivity index (χ2v) is 8.37. The predicted octanol–water partition coefficient (Wildman–Crippen LogP) is 4.67. The van der Waals surface area contributed by atoms with Crippen LogP contribution in [0.1, 0.15) is 75.6 Å². The number of anilines is 1. The van der Waals surface area contributed by atoms with Gasteiger partial charge in [0.2, 0.25) is 5.78 Å². The van der Waals surface area contributed by atoms with Gasteiger partial charge in [0.05, 0.1) is 0 Å². The minimum atomic E-state index is -0.640. The summed E-state index contributed by atoms with van der Waals surface area (Å²) in [4.78, 5) is 39.0. The van der Waals surface area contributed by atoms with Gasteiger partial charge in [0.25, 0.3) is 5.56 Å². The van der Waals surface area contributed by atoms with Crippen molar-refractivity contribution in [2.24, 2.45) is 0 Å². The van der Waals surface area contributed by atoms with E-state index >= 15 is 0 Å². The maximum absolute atomic E-state index is 13.1. The van der Waals surface area contributed by atoms with Crippen LogP contribution in [0.25, 0.3) is 0 Å². The Morgan fingerprint density at radius 1 is 0.906 bits per heavy atom. The number of unbranched alkanes of at least 4 members (excludes halogenated alkanes) is 6. The van der Waals surface area contributed by atoms with Gasteiger partial charge in [0, 0.05) is 18.1 Å². The molecule has 8 heteroatoms. The molecule has 0 atom stereocenters. The molecule has 0 saturated carbocycles. The van der Waals surface area contributed by atoms with E-state index in [9.17, 15) is 14.4 Å². The standard InChI is InChI=1S/C24H34ClN3O4/c1-3-5-7-9-15-27-22(26)21(20(29)17-32-19-13-11-18(25)12-14-19)23(30)28(24(27)31)16-10-8-6-4-2/h11-14H,3-10,15-17,26H2,1-2H3. The van der Waals surface area contributed by atoms with E-state index in [0.717, 1.165) is 49.5 Å². The molecule has 0 saturated heterocycles. The van der Waals surface area contributed by atoms with Crippen LogP contribution in [0.5, 0.6) is 5.75 Å². The van der Waals surface area contributed by atoms with Crippen molar-refractivity contribution in [2.45, 2.75) is 78.3 Å². The number of hydrogen-bond acceptors (Lipinski definition) is 5. The number of carbonyl (C=O) groups is 1. The van der Waals surface area contributed by atoms with Gasteiger partial charge in [-0.15, -0.1) is 0 Å². The minimum absolute atomic E-state index is 0.0778. The third kappa shape index (κ3) is 6.99. The highest BCUT2D eigenvalue weighted by atomic mass is 35.5. The lowest BCUT2D eigenvalue weighted by Gasteiger charge is -2.16. The first kappa shape index (κ1) is 25.7. The summed E-state index contributed by atoms with van der Waals surface area (Å²) in [5.41, 5.74) is 4.93. The number of nitrogens with two attached hydrogens (primary N) is 1. The Labute approximate surface area is 194 Å². The maximum Gasteiger partial charge on any atom is 0.332 e. The summed E-state index contributed by atoms with van der Waals surface area (Å²) >= 11 is 5.87. The van der Waals surface area contributed by atoms with Crippen molar-refractivity contribution in [3.63, 3.8) is 0 Å². The average molecular weight is 464 g/mol. The van der Waals surface area contributed by atoms with Crippen molar-refractivity contribution in [3.05, 3.63) is 55.7 Å². The fourth-order valence-electron chi connectivity index (χ4n) is 3.54. The maximum atomic E-state index is 13.1. The Morgan fingerprint density at radius 3 is 2.03 bits per heavy atom. The molecule has 0 radical (unpaired) electrons. The fourth-order valence-corrected chi connectivity index (χ4v) is 3.66. The summed E-state index contributed by atoms with van der Waals surface area (Å²) in [6.07, 6.45) is 7.48. The molecular formula is C24H34ClN3O4. The lowest BCUT2D eigenvalue weighted by atomic mass is 10.1. The van der Waals surface area contributed by atoms with E-state index in [1.165, 1.54) is 4.57 Å². The zero-order valence-electron chi connectivity index (χ0n) is 19.1. The third-order valence-electron chi connectivity index (χ3n) is 5.40. The summed E-state index contributed by atoms with van der Waals surface area (Å²) in [5, 5.41) is 0.550. The molecule has 0 amide bonds. The Morgan fingerprint density at radius 2 is 1.47 bits per heavy atom.